The quantitative estimate of drug-likeness (QED) is 0.0690. The van der Waals surface area contributed by atoms with Crippen LogP contribution in [0.15, 0.2) is 24.3 Å². The average molecular weight is 789 g/mol. The van der Waals surface area contributed by atoms with Crippen LogP contribution in [0.5, 0.6) is 0 Å². The number of nitrogens with zero attached hydrogens (tertiary/aromatic N) is 1. The minimum Gasteiger partial charge on any atom is -0.479 e. The fourth-order valence-electron chi connectivity index (χ4n) is 7.50. The van der Waals surface area contributed by atoms with Crippen molar-refractivity contribution in [1.82, 2.24) is 5.32 Å². The number of aliphatic hydroxyl groups is 7. The van der Waals surface area contributed by atoms with Gasteiger partial charge in [0.1, 0.15) is 48.8 Å². The number of carboxylic acids is 1. The zero-order valence-corrected chi connectivity index (χ0v) is 30.2. The Morgan fingerprint density at radius 3 is 2.22 bits per heavy atom. The molecule has 1 aromatic carbocycles. The maximum Gasteiger partial charge on any atom is 0.332 e. The molecule has 20 heteroatoms. The highest BCUT2D eigenvalue weighted by Gasteiger charge is 2.52. The van der Waals surface area contributed by atoms with E-state index < -0.39 is 122 Å². The maximum absolute atomic E-state index is 13.0. The molecule has 1 aromatic rings. The predicted molar refractivity (Wildman–Crippen MR) is 183 cm³/mol. The van der Waals surface area contributed by atoms with Gasteiger partial charge in [0.2, 0.25) is 5.91 Å². The van der Waals surface area contributed by atoms with Crippen LogP contribution in [-0.4, -0.2) is 163 Å². The van der Waals surface area contributed by atoms with Crippen LogP contribution < -0.4 is 5.32 Å². The summed E-state index contributed by atoms with van der Waals surface area (Å²) in [4.78, 5) is 35.7. The molecule has 1 aliphatic carbocycles. The van der Waals surface area contributed by atoms with Crippen LogP contribution in [0.25, 0.3) is 0 Å². The number of nitrogens with one attached hydrogen (secondary N) is 1. The number of carbonyl (C=O) groups excluding carboxylic acids is 1. The van der Waals surface area contributed by atoms with Crippen molar-refractivity contribution in [2.45, 2.75) is 138 Å². The van der Waals surface area contributed by atoms with Crippen molar-refractivity contribution < 1.29 is 83.8 Å². The van der Waals surface area contributed by atoms with Gasteiger partial charge in [-0.2, -0.15) is 0 Å². The van der Waals surface area contributed by atoms with Crippen LogP contribution in [0, 0.1) is 22.0 Å². The maximum atomic E-state index is 13.0. The highest BCUT2D eigenvalue weighted by Crippen LogP contribution is 2.35. The second kappa shape index (κ2) is 19.5. The van der Waals surface area contributed by atoms with Gasteiger partial charge in [-0.25, -0.2) is 4.79 Å². The van der Waals surface area contributed by atoms with Crippen LogP contribution in [0.1, 0.15) is 51.0 Å². The summed E-state index contributed by atoms with van der Waals surface area (Å²) in [6.07, 6.45) is -17.2. The van der Waals surface area contributed by atoms with Crippen molar-refractivity contribution in [2.75, 3.05) is 19.8 Å². The van der Waals surface area contributed by atoms with Gasteiger partial charge in [-0.1, -0.05) is 44.2 Å². The van der Waals surface area contributed by atoms with E-state index in [-0.39, 0.29) is 31.0 Å². The summed E-state index contributed by atoms with van der Waals surface area (Å²) < 4.78 is 35.0. The first-order valence-electron chi connectivity index (χ1n) is 18.5. The van der Waals surface area contributed by atoms with Crippen molar-refractivity contribution in [3.63, 3.8) is 0 Å². The molecule has 20 nitrogen and oxygen atoms in total. The number of aliphatic carboxylic acids is 1. The number of hydrogen-bond donors (Lipinski definition) is 9. The molecular formula is C35H52N2O18. The Bertz CT molecular complexity index is 1420. The summed E-state index contributed by atoms with van der Waals surface area (Å²) >= 11 is 0. The van der Waals surface area contributed by atoms with E-state index in [1.54, 1.807) is 0 Å². The molecular weight excluding hydrogens is 736 g/mol. The van der Waals surface area contributed by atoms with Crippen LogP contribution in [-0.2, 0) is 44.4 Å². The Labute approximate surface area is 316 Å². The summed E-state index contributed by atoms with van der Waals surface area (Å²) in [6, 6.07) is 5.30. The van der Waals surface area contributed by atoms with Gasteiger partial charge < -0.3 is 74.6 Å². The number of carboxylic acid groups (broad SMARTS) is 1. The highest BCUT2D eigenvalue weighted by molar-refractivity contribution is 5.78. The van der Waals surface area contributed by atoms with E-state index in [1.807, 2.05) is 0 Å². The molecule has 9 N–H and O–H groups in total. The number of carbonyl (C=O) groups is 2. The molecule has 5 rings (SSSR count). The minimum absolute atomic E-state index is 0.0552. The smallest absolute Gasteiger partial charge is 0.332 e. The van der Waals surface area contributed by atoms with Gasteiger partial charge >= 0.3 is 5.97 Å². The summed E-state index contributed by atoms with van der Waals surface area (Å²) in [6.45, 7) is -0.158. The summed E-state index contributed by atoms with van der Waals surface area (Å²) in [5.41, 5.74) is 0.283. The van der Waals surface area contributed by atoms with E-state index in [0.717, 1.165) is 32.1 Å². The normalized spacial score (nSPS) is 37.9. The van der Waals surface area contributed by atoms with Crippen LogP contribution in [0.2, 0.25) is 0 Å². The lowest BCUT2D eigenvalue weighted by Crippen LogP contribution is -2.64. The van der Waals surface area contributed by atoms with E-state index in [9.17, 15) is 60.6 Å². The Kier molecular flexibility index (Phi) is 15.3. The molecule has 0 aromatic heterocycles. The molecule has 0 spiro atoms. The molecule has 0 bridgehead atoms. The van der Waals surface area contributed by atoms with Crippen LogP contribution in [0.3, 0.4) is 0 Å². The summed E-state index contributed by atoms with van der Waals surface area (Å²) in [5, 5.41) is 98.6. The predicted octanol–water partition coefficient (Wildman–Crippen LogP) is -1.94. The number of nitro benzene ring substituents is 1. The number of nitro groups is 1. The number of amides is 1. The van der Waals surface area contributed by atoms with Gasteiger partial charge in [0.05, 0.1) is 42.7 Å². The van der Waals surface area contributed by atoms with E-state index in [1.165, 1.54) is 31.2 Å². The van der Waals surface area contributed by atoms with Gasteiger partial charge in [-0.15, -0.1) is 0 Å². The number of ether oxygens (including phenoxy) is 6. The Morgan fingerprint density at radius 1 is 0.909 bits per heavy atom. The Morgan fingerprint density at radius 2 is 1.58 bits per heavy atom. The zero-order chi connectivity index (χ0) is 40.0. The van der Waals surface area contributed by atoms with Crippen molar-refractivity contribution in [3.05, 3.63) is 39.9 Å². The lowest BCUT2D eigenvalue weighted by atomic mass is 9.85. The van der Waals surface area contributed by atoms with Crippen LogP contribution in [0.4, 0.5) is 5.69 Å². The SMILES string of the molecule is C[C@@H]1O[C@@H](O[C@@H]2[C@@H](CNC(=O)Cc3ccc([N+](=O)[O-])cc3)[C@H](O)OC[C@H]2O[C@@H]2O[C@@H](CO)[C@H](O)[C@H](OC(CC3CCCCC3)C(=O)O)[C@H]2O)[C@@H](O)[C@H](O)[C@@H]1O. The first-order chi connectivity index (χ1) is 26.2. The van der Waals surface area contributed by atoms with Crippen molar-refractivity contribution in [3.8, 4) is 0 Å². The summed E-state index contributed by atoms with van der Waals surface area (Å²) in [7, 11) is 0. The molecule has 4 fully saturated rings. The second-order valence-electron chi connectivity index (χ2n) is 14.6. The average Bonchev–Trinajstić information content (AvgIpc) is 3.16. The molecule has 1 amide bonds. The first-order valence-corrected chi connectivity index (χ1v) is 18.5. The third kappa shape index (κ3) is 10.7. The van der Waals surface area contributed by atoms with Crippen molar-refractivity contribution in [1.29, 1.82) is 0 Å². The van der Waals surface area contributed by atoms with Gasteiger partial charge in [-0.05, 0) is 24.8 Å². The number of benzene rings is 1. The van der Waals surface area contributed by atoms with Crippen molar-refractivity contribution in [2.24, 2.45) is 11.8 Å². The van der Waals surface area contributed by atoms with Gasteiger partial charge in [0, 0.05) is 18.7 Å². The lowest BCUT2D eigenvalue weighted by molar-refractivity contribution is -0.384. The standard InChI is InChI=1S/C35H52N2O18/c1-16-25(40)27(42)28(43)34(51-16)55-30-20(13-36-24(39)12-18-7-9-19(10-8-18)37(48)49)33(47)50-15-23(30)54-35-29(44)31(26(41)22(14-38)53-35)52-21(32(45)46)11-17-5-3-2-4-6-17/h7-10,16-17,20-23,25-31,33-35,38,40-44,47H,2-6,11-15H2,1H3,(H,36,39)(H,45,46)/t16-,20+,21?,22-,23+,25+,26-,27+,28-,29+,30+,31-,33+,34-,35-/m0/s1. The molecule has 15 atom stereocenters. The highest BCUT2D eigenvalue weighted by atomic mass is 16.7. The minimum atomic E-state index is -1.84. The van der Waals surface area contributed by atoms with Crippen molar-refractivity contribution >= 4 is 17.6 Å². The third-order valence-electron chi connectivity index (χ3n) is 10.7. The summed E-state index contributed by atoms with van der Waals surface area (Å²) in [5.74, 6) is -3.01. The van der Waals surface area contributed by atoms with Gasteiger partial charge in [0.25, 0.3) is 5.69 Å². The topological polar surface area (TPSA) is 307 Å². The van der Waals surface area contributed by atoms with Gasteiger partial charge in [-0.3, -0.25) is 14.9 Å². The van der Waals surface area contributed by atoms with Gasteiger partial charge in [0.15, 0.2) is 25.0 Å². The molecule has 1 saturated carbocycles. The third-order valence-corrected chi connectivity index (χ3v) is 10.7. The van der Waals surface area contributed by atoms with E-state index >= 15 is 0 Å². The molecule has 1 unspecified atom stereocenters. The Balaban J connectivity index is 1.35. The first kappa shape index (κ1) is 43.2. The molecule has 3 aliphatic heterocycles. The number of hydrogen-bond acceptors (Lipinski definition) is 17. The Hall–Kier alpha value is -2.96. The fourth-order valence-corrected chi connectivity index (χ4v) is 7.50. The monoisotopic (exact) mass is 788 g/mol. The molecule has 310 valence electrons. The molecule has 55 heavy (non-hydrogen) atoms. The molecule has 0 radical (unpaired) electrons. The fraction of sp³-hybridized carbons (Fsp3) is 0.771. The number of non-ortho nitro benzene ring substituents is 1. The lowest BCUT2D eigenvalue weighted by Gasteiger charge is -2.48. The molecule has 3 saturated heterocycles. The zero-order valence-electron chi connectivity index (χ0n) is 30.2. The number of aliphatic hydroxyl groups excluding tert-OH is 7. The van der Waals surface area contributed by atoms with E-state index in [0.29, 0.717) is 5.56 Å². The largest absolute Gasteiger partial charge is 0.479 e. The molecule has 3 heterocycles. The second-order valence-corrected chi connectivity index (χ2v) is 14.6. The number of rotatable bonds is 15. The molecule has 4 aliphatic rings. The van der Waals surface area contributed by atoms with E-state index in [2.05, 4.69) is 5.32 Å². The van der Waals surface area contributed by atoms with Crippen LogP contribution >= 0.6 is 0 Å². The van der Waals surface area contributed by atoms with E-state index in [4.69, 9.17) is 28.4 Å².